The summed E-state index contributed by atoms with van der Waals surface area (Å²) in [6, 6.07) is 6.23. The molecule has 2 atom stereocenters. The van der Waals surface area contributed by atoms with Crippen LogP contribution in [-0.4, -0.2) is 60.2 Å². The SMILES string of the molecule is CC(C)C[C@@H](C(=O)NC(=N)/C=C\NC[C@@H]1COC(C)(C)O1)N1CC(Oc2ccccc2Cl)=CC1=O. The molecule has 1 aromatic rings. The molecule has 1 fully saturated rings. The van der Waals surface area contributed by atoms with Gasteiger partial charge in [-0.1, -0.05) is 37.6 Å². The lowest BCUT2D eigenvalue weighted by atomic mass is 10.0. The van der Waals surface area contributed by atoms with Crippen molar-refractivity contribution in [1.29, 1.82) is 5.41 Å². The van der Waals surface area contributed by atoms with Crippen molar-refractivity contribution in [3.05, 3.63) is 53.4 Å². The standard InChI is InChI=1S/C25H33ClN4O5/c1-16(2)11-20(30-14-17(12-23(30)31)34-21-8-6-5-7-19(21)26)24(32)29-22(27)9-10-28-13-18-15-33-25(3,4)35-18/h5-10,12,16,18,20,28H,11,13-15H2,1-4H3,(H2,27,29,32)/b10-9-/t18-,20+/m1/s1. The predicted octanol–water partition coefficient (Wildman–Crippen LogP) is 3.21. The van der Waals surface area contributed by atoms with E-state index in [1.807, 2.05) is 27.7 Å². The number of amidine groups is 1. The number of carbonyl (C=O) groups is 2. The van der Waals surface area contributed by atoms with Crippen LogP contribution in [0.5, 0.6) is 5.75 Å². The van der Waals surface area contributed by atoms with Crippen LogP contribution < -0.4 is 15.4 Å². The largest absolute Gasteiger partial charge is 0.458 e. The molecule has 2 amide bonds. The van der Waals surface area contributed by atoms with Gasteiger partial charge in [0.2, 0.25) is 5.91 Å². The lowest BCUT2D eigenvalue weighted by molar-refractivity contribution is -0.137. The number of halogens is 1. The Morgan fingerprint density at radius 1 is 1.37 bits per heavy atom. The molecule has 190 valence electrons. The highest BCUT2D eigenvalue weighted by molar-refractivity contribution is 6.32. The molecule has 1 aromatic carbocycles. The molecule has 1 saturated heterocycles. The average molecular weight is 505 g/mol. The number of amides is 2. The van der Waals surface area contributed by atoms with E-state index < -0.39 is 17.7 Å². The summed E-state index contributed by atoms with van der Waals surface area (Å²) >= 11 is 6.15. The Kier molecular flexibility index (Phi) is 8.93. The molecule has 10 heteroatoms. The number of para-hydroxylation sites is 1. The van der Waals surface area contributed by atoms with Crippen LogP contribution in [0.4, 0.5) is 0 Å². The van der Waals surface area contributed by atoms with Crippen LogP contribution in [0.1, 0.15) is 34.1 Å². The van der Waals surface area contributed by atoms with Crippen LogP contribution in [0.2, 0.25) is 5.02 Å². The highest BCUT2D eigenvalue weighted by atomic mass is 35.5. The highest BCUT2D eigenvalue weighted by Gasteiger charge is 2.35. The minimum Gasteiger partial charge on any atom is -0.458 e. The Bertz CT molecular complexity index is 1010. The number of nitrogens with zero attached hydrogens (tertiary/aromatic N) is 1. The van der Waals surface area contributed by atoms with E-state index in [1.165, 1.54) is 17.1 Å². The molecule has 3 rings (SSSR count). The van der Waals surface area contributed by atoms with Crippen LogP contribution >= 0.6 is 11.6 Å². The maximum atomic E-state index is 13.0. The van der Waals surface area contributed by atoms with E-state index >= 15 is 0 Å². The number of ether oxygens (including phenoxy) is 3. The molecule has 0 aromatic heterocycles. The first kappa shape index (κ1) is 26.7. The predicted molar refractivity (Wildman–Crippen MR) is 133 cm³/mol. The van der Waals surface area contributed by atoms with Gasteiger partial charge in [0.25, 0.3) is 5.91 Å². The topological polar surface area (TPSA) is 113 Å². The maximum absolute atomic E-state index is 13.0. The molecule has 0 aliphatic carbocycles. The van der Waals surface area contributed by atoms with E-state index in [-0.39, 0.29) is 30.3 Å². The van der Waals surface area contributed by atoms with Crippen molar-refractivity contribution in [2.75, 3.05) is 19.7 Å². The monoisotopic (exact) mass is 504 g/mol. The van der Waals surface area contributed by atoms with Crippen molar-refractivity contribution >= 4 is 29.3 Å². The van der Waals surface area contributed by atoms with Gasteiger partial charge >= 0.3 is 0 Å². The van der Waals surface area contributed by atoms with Gasteiger partial charge < -0.3 is 29.7 Å². The summed E-state index contributed by atoms with van der Waals surface area (Å²) in [6.07, 6.45) is 4.74. The Morgan fingerprint density at radius 3 is 2.77 bits per heavy atom. The summed E-state index contributed by atoms with van der Waals surface area (Å²) in [7, 11) is 0. The fourth-order valence-electron chi connectivity index (χ4n) is 3.79. The second kappa shape index (κ2) is 11.7. The summed E-state index contributed by atoms with van der Waals surface area (Å²) in [5.74, 6) is -0.435. The van der Waals surface area contributed by atoms with E-state index in [0.717, 1.165) is 0 Å². The smallest absolute Gasteiger partial charge is 0.251 e. The van der Waals surface area contributed by atoms with E-state index in [9.17, 15) is 9.59 Å². The van der Waals surface area contributed by atoms with Crippen molar-refractivity contribution in [1.82, 2.24) is 15.5 Å². The zero-order valence-electron chi connectivity index (χ0n) is 20.5. The minimum absolute atomic E-state index is 0.0904. The molecular weight excluding hydrogens is 472 g/mol. The molecule has 0 bridgehead atoms. The highest BCUT2D eigenvalue weighted by Crippen LogP contribution is 2.28. The summed E-state index contributed by atoms with van der Waals surface area (Å²) in [6.45, 7) is 8.79. The van der Waals surface area contributed by atoms with Crippen molar-refractivity contribution in [2.45, 2.75) is 52.0 Å². The van der Waals surface area contributed by atoms with Gasteiger partial charge in [0.15, 0.2) is 5.79 Å². The molecule has 0 spiro atoms. The van der Waals surface area contributed by atoms with Gasteiger partial charge in [-0.25, -0.2) is 0 Å². The van der Waals surface area contributed by atoms with Crippen molar-refractivity contribution in [3.63, 3.8) is 0 Å². The molecule has 35 heavy (non-hydrogen) atoms. The molecule has 2 aliphatic heterocycles. The maximum Gasteiger partial charge on any atom is 0.251 e. The third-order valence-corrected chi connectivity index (χ3v) is 5.70. The average Bonchev–Trinajstić information content (AvgIpc) is 3.31. The molecule has 2 aliphatic rings. The number of benzene rings is 1. The van der Waals surface area contributed by atoms with Crippen molar-refractivity contribution in [2.24, 2.45) is 5.92 Å². The summed E-state index contributed by atoms with van der Waals surface area (Å²) in [5.41, 5.74) is 0. The lowest BCUT2D eigenvalue weighted by Gasteiger charge is -2.28. The van der Waals surface area contributed by atoms with Gasteiger partial charge in [0, 0.05) is 18.8 Å². The van der Waals surface area contributed by atoms with Crippen LogP contribution in [0, 0.1) is 11.3 Å². The summed E-state index contributed by atoms with van der Waals surface area (Å²) in [4.78, 5) is 27.2. The van der Waals surface area contributed by atoms with Crippen LogP contribution in [0.3, 0.4) is 0 Å². The first-order valence-electron chi connectivity index (χ1n) is 11.6. The first-order chi connectivity index (χ1) is 16.5. The Morgan fingerprint density at radius 2 is 2.11 bits per heavy atom. The van der Waals surface area contributed by atoms with Crippen LogP contribution in [-0.2, 0) is 19.1 Å². The van der Waals surface area contributed by atoms with E-state index in [0.29, 0.717) is 36.1 Å². The van der Waals surface area contributed by atoms with Crippen LogP contribution in [0.25, 0.3) is 0 Å². The quantitative estimate of drug-likeness (QED) is 0.333. The second-order valence-electron chi connectivity index (χ2n) is 9.35. The van der Waals surface area contributed by atoms with E-state index in [4.69, 9.17) is 31.2 Å². The van der Waals surface area contributed by atoms with Gasteiger partial charge in [0.05, 0.1) is 18.2 Å². The Labute approximate surface area is 210 Å². The fourth-order valence-corrected chi connectivity index (χ4v) is 3.97. The first-order valence-corrected chi connectivity index (χ1v) is 12.0. The normalized spacial score (nSPS) is 20.3. The molecule has 3 N–H and O–H groups in total. The third kappa shape index (κ3) is 7.81. The van der Waals surface area contributed by atoms with Gasteiger partial charge in [-0.2, -0.15) is 0 Å². The van der Waals surface area contributed by atoms with E-state index in [2.05, 4.69) is 10.6 Å². The van der Waals surface area contributed by atoms with Crippen molar-refractivity contribution in [3.8, 4) is 5.75 Å². The second-order valence-corrected chi connectivity index (χ2v) is 9.76. The van der Waals surface area contributed by atoms with Crippen LogP contribution in [0.15, 0.2) is 48.4 Å². The molecule has 0 radical (unpaired) electrons. The molecule has 2 heterocycles. The lowest BCUT2D eigenvalue weighted by Crippen LogP contribution is -2.49. The number of hydrogen-bond donors (Lipinski definition) is 3. The number of carbonyl (C=O) groups excluding carboxylic acids is 2. The van der Waals surface area contributed by atoms with Gasteiger partial charge in [-0.15, -0.1) is 0 Å². The number of hydrogen-bond acceptors (Lipinski definition) is 7. The zero-order chi connectivity index (χ0) is 25.6. The molecular formula is C25H33ClN4O5. The van der Waals surface area contributed by atoms with Gasteiger partial charge in [-0.3, -0.25) is 15.0 Å². The van der Waals surface area contributed by atoms with Gasteiger partial charge in [0.1, 0.15) is 29.5 Å². The third-order valence-electron chi connectivity index (χ3n) is 5.38. The molecule has 9 nitrogen and oxygen atoms in total. The zero-order valence-corrected chi connectivity index (χ0v) is 21.2. The molecule has 0 saturated carbocycles. The minimum atomic E-state index is -0.751. The van der Waals surface area contributed by atoms with Crippen molar-refractivity contribution < 1.29 is 23.8 Å². The van der Waals surface area contributed by atoms with Gasteiger partial charge in [-0.05, 0) is 44.4 Å². The summed E-state index contributed by atoms with van der Waals surface area (Å²) in [5, 5.41) is 14.2. The molecule has 0 unspecified atom stereocenters. The Hall–Kier alpha value is -2.88. The Balaban J connectivity index is 1.54. The fraction of sp³-hybridized carbons (Fsp3) is 0.480. The summed E-state index contributed by atoms with van der Waals surface area (Å²) < 4.78 is 17.0. The number of rotatable bonds is 10. The number of nitrogens with one attached hydrogen (secondary N) is 3. The van der Waals surface area contributed by atoms with E-state index in [1.54, 1.807) is 30.5 Å².